The van der Waals surface area contributed by atoms with Gasteiger partial charge in [-0.3, -0.25) is 14.4 Å². The molecular weight excluding hydrogens is 561 g/mol. The molecule has 2 aromatic rings. The molecule has 1 heterocycles. The van der Waals surface area contributed by atoms with Crippen LogP contribution in [0.4, 0.5) is 47.8 Å². The fourth-order valence-corrected chi connectivity index (χ4v) is 4.95. The number of benzene rings is 2. The van der Waals surface area contributed by atoms with Crippen molar-refractivity contribution in [3.63, 3.8) is 0 Å². The van der Waals surface area contributed by atoms with Gasteiger partial charge < -0.3 is 21.3 Å². The summed E-state index contributed by atoms with van der Waals surface area (Å²) in [4.78, 5) is 39.9. The number of anilines is 3. The Hall–Kier alpha value is -3.84. The van der Waals surface area contributed by atoms with Gasteiger partial charge in [-0.2, -0.15) is 26.3 Å². The molecule has 4 N–H and O–H groups in total. The number of halogens is 7. The molecule has 41 heavy (non-hydrogen) atoms. The smallest absolute Gasteiger partial charge is 0.369 e. The van der Waals surface area contributed by atoms with E-state index < -0.39 is 78.7 Å². The van der Waals surface area contributed by atoms with Gasteiger partial charge in [0.1, 0.15) is 17.5 Å². The van der Waals surface area contributed by atoms with Crippen molar-refractivity contribution < 1.29 is 45.1 Å². The van der Waals surface area contributed by atoms with E-state index in [4.69, 9.17) is 5.73 Å². The van der Waals surface area contributed by atoms with E-state index >= 15 is 0 Å². The van der Waals surface area contributed by atoms with Gasteiger partial charge in [0, 0.05) is 23.9 Å². The summed E-state index contributed by atoms with van der Waals surface area (Å²) in [6, 6.07) is 6.13. The van der Waals surface area contributed by atoms with Crippen LogP contribution in [-0.4, -0.2) is 36.5 Å². The van der Waals surface area contributed by atoms with Crippen molar-refractivity contribution in [2.24, 2.45) is 23.5 Å². The molecule has 4 rings (SSSR count). The molecule has 0 saturated heterocycles. The van der Waals surface area contributed by atoms with E-state index in [2.05, 4.69) is 10.6 Å². The Morgan fingerprint density at radius 3 is 2.34 bits per heavy atom. The predicted molar refractivity (Wildman–Crippen MR) is 134 cm³/mol. The van der Waals surface area contributed by atoms with Crippen molar-refractivity contribution in [3.05, 3.63) is 53.8 Å². The third kappa shape index (κ3) is 7.47. The highest BCUT2D eigenvalue weighted by Gasteiger charge is 2.41. The normalized spacial score (nSPS) is 19.0. The standard InChI is InChI=1S/C27H27F7N4O3/c28-19-5-2-6-21-22(19)37-25(41)20(13-38(21)16-4-1-3-15(12-16)27(32,33)34)36-24(40)17(9-10-26(29,30)31)18(23(35)39)11-14-7-8-14/h1-6,12,14,17-18,20H,7-11,13H2,(H2,35,39)(H,36,40)(H,37,41)/t17-,18+,20+/m1/s1. The van der Waals surface area contributed by atoms with E-state index in [1.54, 1.807) is 0 Å². The molecular formula is C27H27F7N4O3. The summed E-state index contributed by atoms with van der Waals surface area (Å²) in [5, 5.41) is 4.68. The number of hydrogen-bond donors (Lipinski definition) is 3. The van der Waals surface area contributed by atoms with Gasteiger partial charge in [-0.1, -0.05) is 25.0 Å². The Balaban J connectivity index is 1.67. The lowest BCUT2D eigenvalue weighted by molar-refractivity contribution is -0.146. The zero-order valence-corrected chi connectivity index (χ0v) is 21.5. The monoisotopic (exact) mass is 588 g/mol. The van der Waals surface area contributed by atoms with E-state index in [1.807, 2.05) is 0 Å². The van der Waals surface area contributed by atoms with Crippen molar-refractivity contribution in [2.75, 3.05) is 16.8 Å². The lowest BCUT2D eigenvalue weighted by Crippen LogP contribution is -2.52. The number of rotatable bonds is 9. The summed E-state index contributed by atoms with van der Waals surface area (Å²) in [5.41, 5.74) is 4.01. The zero-order chi connectivity index (χ0) is 30.1. The molecule has 14 heteroatoms. The zero-order valence-electron chi connectivity index (χ0n) is 21.5. The largest absolute Gasteiger partial charge is 0.416 e. The highest BCUT2D eigenvalue weighted by atomic mass is 19.4. The summed E-state index contributed by atoms with van der Waals surface area (Å²) in [7, 11) is 0. The van der Waals surface area contributed by atoms with Crippen molar-refractivity contribution in [2.45, 2.75) is 50.5 Å². The number of primary amides is 1. The Bertz CT molecular complexity index is 1310. The van der Waals surface area contributed by atoms with Gasteiger partial charge >= 0.3 is 12.4 Å². The maximum Gasteiger partial charge on any atom is 0.416 e. The minimum absolute atomic E-state index is 0.00760. The quantitative estimate of drug-likeness (QED) is 0.347. The summed E-state index contributed by atoms with van der Waals surface area (Å²) < 4.78 is 94.4. The number of fused-ring (bicyclic) bond motifs is 1. The van der Waals surface area contributed by atoms with E-state index in [9.17, 15) is 45.1 Å². The summed E-state index contributed by atoms with van der Waals surface area (Å²) in [6.45, 7) is -0.495. The van der Waals surface area contributed by atoms with Crippen LogP contribution in [0.2, 0.25) is 0 Å². The predicted octanol–water partition coefficient (Wildman–Crippen LogP) is 5.28. The Morgan fingerprint density at radius 1 is 1.05 bits per heavy atom. The number of carbonyl (C=O) groups is 3. The summed E-state index contributed by atoms with van der Waals surface area (Å²) in [5.74, 6) is -6.57. The van der Waals surface area contributed by atoms with Crippen LogP contribution < -0.4 is 21.3 Å². The van der Waals surface area contributed by atoms with Crippen LogP contribution >= 0.6 is 0 Å². The van der Waals surface area contributed by atoms with Crippen LogP contribution in [0.15, 0.2) is 42.5 Å². The van der Waals surface area contributed by atoms with Gasteiger partial charge in [-0.05, 0) is 49.1 Å². The van der Waals surface area contributed by atoms with Gasteiger partial charge in [-0.25, -0.2) is 4.39 Å². The second-order valence-electron chi connectivity index (χ2n) is 10.3. The molecule has 222 valence electrons. The highest BCUT2D eigenvalue weighted by Crippen LogP contribution is 2.41. The molecule has 1 saturated carbocycles. The van der Waals surface area contributed by atoms with E-state index in [0.29, 0.717) is 0 Å². The maximum absolute atomic E-state index is 14.8. The minimum Gasteiger partial charge on any atom is -0.369 e. The molecule has 2 aliphatic rings. The van der Waals surface area contributed by atoms with Crippen molar-refractivity contribution >= 4 is 34.8 Å². The average molecular weight is 589 g/mol. The van der Waals surface area contributed by atoms with Gasteiger partial charge in [0.15, 0.2) is 0 Å². The number of amides is 3. The fraction of sp³-hybridized carbons (Fsp3) is 0.444. The molecule has 1 fully saturated rings. The van der Waals surface area contributed by atoms with Gasteiger partial charge in [0.05, 0.1) is 17.8 Å². The lowest BCUT2D eigenvalue weighted by atomic mass is 9.83. The fourth-order valence-electron chi connectivity index (χ4n) is 4.95. The lowest BCUT2D eigenvalue weighted by Gasteiger charge is -2.29. The topological polar surface area (TPSA) is 105 Å². The minimum atomic E-state index is -4.72. The number of nitrogens with one attached hydrogen (secondary N) is 2. The molecule has 0 radical (unpaired) electrons. The van der Waals surface area contributed by atoms with Crippen LogP contribution in [-0.2, 0) is 20.6 Å². The van der Waals surface area contributed by atoms with Crippen LogP contribution in [0.3, 0.4) is 0 Å². The molecule has 3 amide bonds. The number of nitrogens with two attached hydrogens (primary N) is 1. The first-order valence-corrected chi connectivity index (χ1v) is 12.8. The molecule has 0 bridgehead atoms. The maximum atomic E-state index is 14.8. The number of carbonyl (C=O) groups excluding carboxylic acids is 3. The highest BCUT2D eigenvalue weighted by molar-refractivity contribution is 6.03. The third-order valence-corrected chi connectivity index (χ3v) is 7.22. The average Bonchev–Trinajstić information content (AvgIpc) is 3.71. The first-order valence-electron chi connectivity index (χ1n) is 12.8. The second kappa shape index (κ2) is 11.6. The van der Waals surface area contributed by atoms with Gasteiger partial charge in [-0.15, -0.1) is 0 Å². The molecule has 1 aliphatic carbocycles. The van der Waals surface area contributed by atoms with Crippen molar-refractivity contribution in [1.29, 1.82) is 0 Å². The van der Waals surface area contributed by atoms with Crippen LogP contribution in [0.1, 0.15) is 37.7 Å². The molecule has 2 aromatic carbocycles. The molecule has 0 unspecified atom stereocenters. The molecule has 7 nitrogen and oxygen atoms in total. The summed E-state index contributed by atoms with van der Waals surface area (Å²) in [6.07, 6.45) is -9.93. The van der Waals surface area contributed by atoms with E-state index in [1.165, 1.54) is 23.1 Å². The number of hydrogen-bond acceptors (Lipinski definition) is 4. The van der Waals surface area contributed by atoms with Gasteiger partial charge in [0.2, 0.25) is 17.7 Å². The van der Waals surface area contributed by atoms with Crippen LogP contribution in [0.25, 0.3) is 0 Å². The molecule has 0 spiro atoms. The van der Waals surface area contributed by atoms with E-state index in [-0.39, 0.29) is 29.4 Å². The number of alkyl halides is 6. The van der Waals surface area contributed by atoms with Crippen LogP contribution in [0.5, 0.6) is 0 Å². The van der Waals surface area contributed by atoms with Crippen molar-refractivity contribution in [1.82, 2.24) is 5.32 Å². The number of para-hydroxylation sites is 1. The third-order valence-electron chi connectivity index (χ3n) is 7.22. The molecule has 1 aliphatic heterocycles. The van der Waals surface area contributed by atoms with Gasteiger partial charge in [0.25, 0.3) is 0 Å². The SMILES string of the molecule is NC(=O)[C@@H](CC1CC1)[C@@H](CCC(F)(F)F)C(=O)N[C@H]1CN(c2cccc(C(F)(F)F)c2)c2cccc(F)c2NC1=O. The second-order valence-corrected chi connectivity index (χ2v) is 10.3. The first-order chi connectivity index (χ1) is 19.1. The van der Waals surface area contributed by atoms with Crippen molar-refractivity contribution in [3.8, 4) is 0 Å². The summed E-state index contributed by atoms with van der Waals surface area (Å²) >= 11 is 0. The van der Waals surface area contributed by atoms with Crippen LogP contribution in [0, 0.1) is 23.6 Å². The Kier molecular flexibility index (Phi) is 8.50. The molecule has 0 aromatic heterocycles. The first kappa shape index (κ1) is 30.1. The Morgan fingerprint density at radius 2 is 1.73 bits per heavy atom. The molecule has 3 atom stereocenters. The van der Waals surface area contributed by atoms with E-state index in [0.717, 1.165) is 37.1 Å². The Labute approximate surface area is 230 Å². The number of nitrogens with zero attached hydrogens (tertiary/aromatic N) is 1.